The van der Waals surface area contributed by atoms with Crippen LogP contribution in [0.1, 0.15) is 16.7 Å². The Labute approximate surface area is 157 Å². The van der Waals surface area contributed by atoms with E-state index in [1.807, 2.05) is 18.2 Å². The molecule has 3 aromatic rings. The lowest BCUT2D eigenvalue weighted by atomic mass is 9.94. The Morgan fingerprint density at radius 2 is 2.00 bits per heavy atom. The molecule has 5 rings (SSSR count). The van der Waals surface area contributed by atoms with Crippen molar-refractivity contribution < 1.29 is 4.79 Å². The number of benzene rings is 2. The van der Waals surface area contributed by atoms with Crippen LogP contribution in [-0.2, 0) is 17.6 Å². The van der Waals surface area contributed by atoms with E-state index in [-0.39, 0.29) is 5.91 Å². The molecule has 1 amide bonds. The van der Waals surface area contributed by atoms with Crippen molar-refractivity contribution in [3.8, 4) is 0 Å². The lowest BCUT2D eigenvalue weighted by Crippen LogP contribution is -2.27. The van der Waals surface area contributed by atoms with Gasteiger partial charge in [0.15, 0.2) is 0 Å². The number of hydrogen-bond donors (Lipinski definition) is 1. The summed E-state index contributed by atoms with van der Waals surface area (Å²) >= 11 is 0. The Kier molecular flexibility index (Phi) is 3.72. The van der Waals surface area contributed by atoms with Crippen LogP contribution in [0.5, 0.6) is 0 Å². The number of rotatable bonds is 3. The second-order valence-electron chi connectivity index (χ2n) is 6.89. The summed E-state index contributed by atoms with van der Waals surface area (Å²) in [4.78, 5) is 16.5. The molecule has 0 radical (unpaired) electrons. The zero-order valence-corrected chi connectivity index (χ0v) is 14.8. The Morgan fingerprint density at radius 1 is 1.07 bits per heavy atom. The van der Waals surface area contributed by atoms with Gasteiger partial charge in [0.25, 0.3) is 0 Å². The topological polar surface area (TPSA) is 42.0 Å². The van der Waals surface area contributed by atoms with Gasteiger partial charge in [-0.1, -0.05) is 54.6 Å². The van der Waals surface area contributed by atoms with Gasteiger partial charge in [0.1, 0.15) is 0 Å². The zero-order valence-electron chi connectivity index (χ0n) is 14.8. The van der Waals surface area contributed by atoms with Gasteiger partial charge in [-0.05, 0) is 51.2 Å². The van der Waals surface area contributed by atoms with Gasteiger partial charge in [-0.3, -0.25) is 9.78 Å². The average Bonchev–Trinajstić information content (AvgIpc) is 3.11. The number of amides is 1. The van der Waals surface area contributed by atoms with Crippen molar-refractivity contribution in [1.82, 2.24) is 10.3 Å². The van der Waals surface area contributed by atoms with Gasteiger partial charge in [-0.2, -0.15) is 0 Å². The van der Waals surface area contributed by atoms with Crippen molar-refractivity contribution in [2.45, 2.75) is 12.8 Å². The predicted octanol–water partition coefficient (Wildman–Crippen LogP) is 2.62. The van der Waals surface area contributed by atoms with Crippen molar-refractivity contribution in [3.63, 3.8) is 0 Å². The van der Waals surface area contributed by atoms with Crippen molar-refractivity contribution in [1.29, 1.82) is 0 Å². The molecule has 3 nitrogen and oxygen atoms in total. The summed E-state index contributed by atoms with van der Waals surface area (Å²) in [5.41, 5.74) is 4.33. The number of nitrogens with one attached hydrogen (secondary N) is 1. The molecule has 2 aliphatic rings. The molecule has 0 saturated heterocycles. The van der Waals surface area contributed by atoms with Crippen molar-refractivity contribution >= 4 is 34.5 Å². The average molecular weight is 350 g/mol. The maximum absolute atomic E-state index is 12.4. The number of allylic oxidation sites excluding steroid dienone is 2. The highest BCUT2D eigenvalue weighted by molar-refractivity contribution is 5.99. The molecule has 1 N–H and O–H groups in total. The van der Waals surface area contributed by atoms with Gasteiger partial charge in [-0.25, -0.2) is 0 Å². The predicted molar refractivity (Wildman–Crippen MR) is 109 cm³/mol. The molecule has 2 aromatic carbocycles. The number of aromatic nitrogens is 1. The number of nitrogens with zero attached hydrogens (tertiary/aromatic N) is 1. The molecule has 0 spiro atoms. The molecule has 1 heterocycles. The van der Waals surface area contributed by atoms with Gasteiger partial charge in [-0.15, -0.1) is 0 Å². The summed E-state index contributed by atoms with van der Waals surface area (Å²) in [6.07, 6.45) is 15.3. The first-order valence-corrected chi connectivity index (χ1v) is 9.12. The fourth-order valence-corrected chi connectivity index (χ4v) is 3.91. The van der Waals surface area contributed by atoms with Gasteiger partial charge in [0, 0.05) is 23.3 Å². The first-order chi connectivity index (χ1) is 13.3. The van der Waals surface area contributed by atoms with Crippen LogP contribution in [0.3, 0.4) is 0 Å². The minimum atomic E-state index is -0.0271. The molecule has 130 valence electrons. The van der Waals surface area contributed by atoms with E-state index >= 15 is 0 Å². The van der Waals surface area contributed by atoms with Gasteiger partial charge >= 0.3 is 0 Å². The van der Waals surface area contributed by atoms with E-state index in [1.54, 1.807) is 12.4 Å². The Bertz CT molecular complexity index is 1250. The molecular weight excluding hydrogens is 332 g/mol. The molecule has 0 fully saturated rings. The fourth-order valence-electron chi connectivity index (χ4n) is 3.91. The molecule has 0 bridgehead atoms. The van der Waals surface area contributed by atoms with Gasteiger partial charge in [0.2, 0.25) is 5.91 Å². The minimum Gasteiger partial charge on any atom is -0.325 e. The number of hydrogen-bond acceptors (Lipinski definition) is 2. The number of carbonyl (C=O) groups excluding carboxylic acids is 1. The fraction of sp³-hybridized carbons (Fsp3) is 0.0833. The van der Waals surface area contributed by atoms with E-state index < -0.39 is 0 Å². The molecular formula is C24H18N2O. The Balaban J connectivity index is 1.53. The largest absolute Gasteiger partial charge is 0.325 e. The molecule has 0 atom stereocenters. The van der Waals surface area contributed by atoms with E-state index in [0.717, 1.165) is 22.9 Å². The number of fused-ring (bicyclic) bond motifs is 5. The third kappa shape index (κ3) is 2.77. The highest BCUT2D eigenvalue weighted by Gasteiger charge is 2.14. The number of pyridine rings is 1. The van der Waals surface area contributed by atoms with Crippen LogP contribution in [0.15, 0.2) is 67.0 Å². The van der Waals surface area contributed by atoms with Crippen molar-refractivity contribution in [3.05, 3.63) is 94.1 Å². The summed E-state index contributed by atoms with van der Waals surface area (Å²) in [6, 6.07) is 12.4. The summed E-state index contributed by atoms with van der Waals surface area (Å²) in [5, 5.41) is 7.96. The molecule has 27 heavy (non-hydrogen) atoms. The number of carbonyl (C=O) groups is 1. The molecule has 0 aliphatic heterocycles. The monoisotopic (exact) mass is 350 g/mol. The van der Waals surface area contributed by atoms with Crippen molar-refractivity contribution in [2.24, 2.45) is 0 Å². The highest BCUT2D eigenvalue weighted by Crippen LogP contribution is 2.23. The van der Waals surface area contributed by atoms with Crippen LogP contribution in [0, 0.1) is 0 Å². The van der Waals surface area contributed by atoms with Gasteiger partial charge < -0.3 is 5.32 Å². The van der Waals surface area contributed by atoms with E-state index in [4.69, 9.17) is 0 Å². The lowest BCUT2D eigenvalue weighted by molar-refractivity contribution is -0.119. The summed E-state index contributed by atoms with van der Waals surface area (Å²) in [5.74, 6) is -0.0271. The SMILES string of the molecule is O=C(Cc1cccnc1)NC1=c2ccc3c4c(ccc3c2C=C1)=CC=CC4. The molecule has 3 heteroatoms. The van der Waals surface area contributed by atoms with E-state index in [0.29, 0.717) is 6.42 Å². The minimum absolute atomic E-state index is 0.0271. The standard InChI is InChI=1S/C24H18N2O/c27-24(14-16-4-3-13-25-15-16)26-23-12-11-21-20-8-7-17-5-1-2-6-18(17)19(20)9-10-22(21)23/h1-5,7-13,15H,6,14H2,(H,26,27). The second kappa shape index (κ2) is 6.36. The van der Waals surface area contributed by atoms with E-state index in [9.17, 15) is 4.79 Å². The Morgan fingerprint density at radius 3 is 2.89 bits per heavy atom. The van der Waals surface area contributed by atoms with Crippen LogP contribution in [-0.4, -0.2) is 10.9 Å². The maximum atomic E-state index is 12.4. The van der Waals surface area contributed by atoms with Crippen LogP contribution >= 0.6 is 0 Å². The lowest BCUT2D eigenvalue weighted by Gasteiger charge is -2.11. The van der Waals surface area contributed by atoms with Crippen molar-refractivity contribution in [2.75, 3.05) is 0 Å². The van der Waals surface area contributed by atoms with Crippen LogP contribution < -0.4 is 15.8 Å². The smallest absolute Gasteiger partial charge is 0.228 e. The highest BCUT2D eigenvalue weighted by atomic mass is 16.1. The summed E-state index contributed by atoms with van der Waals surface area (Å²) in [7, 11) is 0. The third-order valence-electron chi connectivity index (χ3n) is 5.19. The Hall–Kier alpha value is -3.46. The van der Waals surface area contributed by atoms with E-state index in [2.05, 4.69) is 58.9 Å². The summed E-state index contributed by atoms with van der Waals surface area (Å²) < 4.78 is 0. The normalized spacial score (nSPS) is 14.0. The van der Waals surface area contributed by atoms with Crippen LogP contribution in [0.25, 0.3) is 28.6 Å². The second-order valence-corrected chi connectivity index (χ2v) is 6.89. The first kappa shape index (κ1) is 15.8. The maximum Gasteiger partial charge on any atom is 0.228 e. The van der Waals surface area contributed by atoms with Crippen LogP contribution in [0.2, 0.25) is 0 Å². The van der Waals surface area contributed by atoms with Gasteiger partial charge in [0.05, 0.1) is 6.42 Å². The molecule has 1 aromatic heterocycles. The summed E-state index contributed by atoms with van der Waals surface area (Å²) in [6.45, 7) is 0. The van der Waals surface area contributed by atoms with Crippen LogP contribution in [0.4, 0.5) is 0 Å². The molecule has 2 aliphatic carbocycles. The van der Waals surface area contributed by atoms with E-state index in [1.165, 1.54) is 27.1 Å². The third-order valence-corrected chi connectivity index (χ3v) is 5.19. The molecule has 0 saturated carbocycles. The zero-order chi connectivity index (χ0) is 18.2. The molecule has 0 unspecified atom stereocenters. The quantitative estimate of drug-likeness (QED) is 0.789. The first-order valence-electron chi connectivity index (χ1n) is 9.12.